The molecular formula is C33H38N4O6. The lowest BCUT2D eigenvalue weighted by molar-refractivity contribution is 0.324. The van der Waals surface area contributed by atoms with Gasteiger partial charge >= 0.3 is 0 Å². The first-order valence-corrected chi connectivity index (χ1v) is 14.1. The molecule has 10 heteroatoms. The molecule has 1 aliphatic heterocycles. The molecule has 43 heavy (non-hydrogen) atoms. The van der Waals surface area contributed by atoms with Crippen molar-refractivity contribution in [2.24, 2.45) is 0 Å². The van der Waals surface area contributed by atoms with E-state index >= 15 is 0 Å². The van der Waals surface area contributed by atoms with Gasteiger partial charge in [0.15, 0.2) is 23.0 Å². The Morgan fingerprint density at radius 2 is 0.860 bits per heavy atom. The first-order valence-electron chi connectivity index (χ1n) is 14.1. The zero-order valence-electron chi connectivity index (χ0n) is 25.5. The Morgan fingerprint density at radius 3 is 1.14 bits per heavy atom. The van der Waals surface area contributed by atoms with Crippen molar-refractivity contribution in [1.29, 1.82) is 0 Å². The van der Waals surface area contributed by atoms with Crippen molar-refractivity contribution in [3.63, 3.8) is 0 Å². The Balaban J connectivity index is 1.27. The highest BCUT2D eigenvalue weighted by Crippen LogP contribution is 2.42. The summed E-state index contributed by atoms with van der Waals surface area (Å²) in [5.74, 6) is 3.52. The number of anilines is 2. The monoisotopic (exact) mass is 586 g/mol. The van der Waals surface area contributed by atoms with Crippen LogP contribution in [0.5, 0.6) is 34.5 Å². The van der Waals surface area contributed by atoms with Crippen LogP contribution in [0.1, 0.15) is 6.42 Å². The summed E-state index contributed by atoms with van der Waals surface area (Å²) < 4.78 is 33.0. The summed E-state index contributed by atoms with van der Waals surface area (Å²) in [6.45, 7) is 3.64. The number of methoxy groups -OCH3 is 6. The number of aromatic nitrogens is 2. The summed E-state index contributed by atoms with van der Waals surface area (Å²) in [6, 6.07) is 15.9. The molecule has 0 N–H and O–H groups in total. The van der Waals surface area contributed by atoms with E-state index in [1.54, 1.807) is 42.7 Å². The van der Waals surface area contributed by atoms with Gasteiger partial charge in [0.25, 0.3) is 0 Å². The van der Waals surface area contributed by atoms with E-state index in [1.807, 2.05) is 48.8 Å². The maximum atomic E-state index is 5.51. The summed E-state index contributed by atoms with van der Waals surface area (Å²) in [4.78, 5) is 14.3. The molecule has 0 radical (unpaired) electrons. The minimum absolute atomic E-state index is 0.561. The van der Waals surface area contributed by atoms with Crippen LogP contribution in [0.15, 0.2) is 60.9 Å². The van der Waals surface area contributed by atoms with Crippen LogP contribution in [0, 0.1) is 0 Å². The zero-order valence-corrected chi connectivity index (χ0v) is 25.5. The summed E-state index contributed by atoms with van der Waals surface area (Å²) in [6.07, 6.45) is 4.88. The molecule has 0 spiro atoms. The van der Waals surface area contributed by atoms with Gasteiger partial charge in [-0.15, -0.1) is 0 Å². The smallest absolute Gasteiger partial charge is 0.203 e. The third kappa shape index (κ3) is 6.18. The molecule has 1 saturated heterocycles. The summed E-state index contributed by atoms with van der Waals surface area (Å²) in [7, 11) is 9.64. The average molecular weight is 587 g/mol. The molecular weight excluding hydrogens is 548 g/mol. The van der Waals surface area contributed by atoms with Crippen LogP contribution in [0.3, 0.4) is 0 Å². The maximum absolute atomic E-state index is 5.51. The van der Waals surface area contributed by atoms with Crippen molar-refractivity contribution < 1.29 is 28.4 Å². The molecule has 0 bridgehead atoms. The topological polar surface area (TPSA) is 87.6 Å². The molecule has 4 aromatic rings. The average Bonchev–Trinajstić information content (AvgIpc) is 3.33. The van der Waals surface area contributed by atoms with Crippen molar-refractivity contribution in [2.45, 2.75) is 6.42 Å². The number of rotatable bonds is 10. The van der Waals surface area contributed by atoms with Gasteiger partial charge in [-0.05, 0) is 55.0 Å². The lowest BCUT2D eigenvalue weighted by Gasteiger charge is -2.24. The standard InChI is InChI=1S/C33H38N4O6/c1-38-28-16-22(17-29(39-2)32(28)42-5)26-10-8-24(20-34-26)36-12-7-13-37(15-14-36)25-9-11-27(35-21-25)23-18-30(40-3)33(43-6)31(19-23)41-4/h8-11,16-21H,7,12-15H2,1-6H3. The van der Waals surface area contributed by atoms with Gasteiger partial charge in [0, 0.05) is 37.3 Å². The second kappa shape index (κ2) is 13.4. The Morgan fingerprint density at radius 1 is 0.488 bits per heavy atom. The lowest BCUT2D eigenvalue weighted by atomic mass is 10.1. The predicted molar refractivity (Wildman–Crippen MR) is 168 cm³/mol. The fourth-order valence-corrected chi connectivity index (χ4v) is 5.38. The number of pyridine rings is 2. The highest BCUT2D eigenvalue weighted by Gasteiger charge is 2.19. The van der Waals surface area contributed by atoms with Gasteiger partial charge in [-0.25, -0.2) is 0 Å². The lowest BCUT2D eigenvalue weighted by Crippen LogP contribution is -2.30. The normalized spacial score (nSPS) is 13.3. The fourth-order valence-electron chi connectivity index (χ4n) is 5.38. The number of ether oxygens (including phenoxy) is 6. The van der Waals surface area contributed by atoms with E-state index in [9.17, 15) is 0 Å². The van der Waals surface area contributed by atoms with E-state index in [1.165, 1.54) is 0 Å². The third-order valence-electron chi connectivity index (χ3n) is 7.64. The van der Waals surface area contributed by atoms with Gasteiger partial charge in [0.2, 0.25) is 11.5 Å². The molecule has 0 unspecified atom stereocenters. The highest BCUT2D eigenvalue weighted by molar-refractivity contribution is 5.71. The van der Waals surface area contributed by atoms with Gasteiger partial charge in [-0.2, -0.15) is 0 Å². The Kier molecular flexibility index (Phi) is 9.24. The number of hydrogen-bond acceptors (Lipinski definition) is 10. The first-order chi connectivity index (χ1) is 21.0. The van der Waals surface area contributed by atoms with Gasteiger partial charge in [-0.3, -0.25) is 9.97 Å². The van der Waals surface area contributed by atoms with Gasteiger partial charge in [0.05, 0.1) is 77.8 Å². The van der Waals surface area contributed by atoms with Crippen molar-refractivity contribution in [1.82, 2.24) is 9.97 Å². The Bertz CT molecular complexity index is 1360. The SMILES string of the molecule is COc1cc(-c2ccc(N3CCCN(c4ccc(-c5cc(OC)c(OC)c(OC)c5)nc4)CC3)cn2)cc(OC)c1OC. The van der Waals surface area contributed by atoms with Crippen LogP contribution in [-0.4, -0.2) is 78.8 Å². The minimum Gasteiger partial charge on any atom is -0.493 e. The first kappa shape index (κ1) is 29.6. The zero-order chi connectivity index (χ0) is 30.3. The molecule has 2 aromatic carbocycles. The van der Waals surface area contributed by atoms with Crippen molar-refractivity contribution in [3.8, 4) is 57.0 Å². The van der Waals surface area contributed by atoms with Crippen molar-refractivity contribution >= 4 is 11.4 Å². The molecule has 10 nitrogen and oxygen atoms in total. The Labute approximate surface area is 252 Å². The summed E-state index contributed by atoms with van der Waals surface area (Å²) in [5, 5.41) is 0. The third-order valence-corrected chi connectivity index (χ3v) is 7.64. The summed E-state index contributed by atoms with van der Waals surface area (Å²) in [5.41, 5.74) is 5.63. The molecule has 3 heterocycles. The minimum atomic E-state index is 0.561. The maximum Gasteiger partial charge on any atom is 0.203 e. The summed E-state index contributed by atoms with van der Waals surface area (Å²) >= 11 is 0. The van der Waals surface area contributed by atoms with Crippen molar-refractivity contribution in [3.05, 3.63) is 60.9 Å². The van der Waals surface area contributed by atoms with Gasteiger partial charge < -0.3 is 38.2 Å². The molecule has 0 atom stereocenters. The van der Waals surface area contributed by atoms with E-state index in [0.717, 1.165) is 66.5 Å². The van der Waals surface area contributed by atoms with E-state index in [4.69, 9.17) is 38.4 Å². The van der Waals surface area contributed by atoms with Crippen LogP contribution < -0.4 is 38.2 Å². The van der Waals surface area contributed by atoms with E-state index in [0.29, 0.717) is 34.5 Å². The fraction of sp³-hybridized carbons (Fsp3) is 0.333. The Hall–Kier alpha value is -4.86. The molecule has 0 aliphatic carbocycles. The van der Waals surface area contributed by atoms with E-state index in [2.05, 4.69) is 21.9 Å². The van der Waals surface area contributed by atoms with Crippen LogP contribution in [0.4, 0.5) is 11.4 Å². The number of nitrogens with zero attached hydrogens (tertiary/aromatic N) is 4. The largest absolute Gasteiger partial charge is 0.493 e. The molecule has 0 saturated carbocycles. The van der Waals surface area contributed by atoms with Crippen LogP contribution in [0.25, 0.3) is 22.5 Å². The van der Waals surface area contributed by atoms with Crippen molar-refractivity contribution in [2.75, 3.05) is 78.6 Å². The van der Waals surface area contributed by atoms with Crippen LogP contribution >= 0.6 is 0 Å². The van der Waals surface area contributed by atoms with Gasteiger partial charge in [0.1, 0.15) is 0 Å². The second-order valence-corrected chi connectivity index (χ2v) is 9.96. The van der Waals surface area contributed by atoms with E-state index in [-0.39, 0.29) is 0 Å². The molecule has 5 rings (SSSR count). The molecule has 226 valence electrons. The van der Waals surface area contributed by atoms with Crippen LogP contribution in [0.2, 0.25) is 0 Å². The van der Waals surface area contributed by atoms with E-state index < -0.39 is 0 Å². The highest BCUT2D eigenvalue weighted by atomic mass is 16.5. The van der Waals surface area contributed by atoms with Gasteiger partial charge in [-0.1, -0.05) is 0 Å². The number of hydrogen-bond donors (Lipinski definition) is 0. The molecule has 0 amide bonds. The quantitative estimate of drug-likeness (QED) is 0.235. The molecule has 1 aliphatic rings. The molecule has 1 fully saturated rings. The number of benzene rings is 2. The molecule has 2 aromatic heterocycles. The van der Waals surface area contributed by atoms with Crippen LogP contribution in [-0.2, 0) is 0 Å². The second-order valence-electron chi connectivity index (χ2n) is 9.96. The predicted octanol–water partition coefficient (Wildman–Crippen LogP) is 5.58.